The van der Waals surface area contributed by atoms with E-state index in [0.717, 1.165) is 25.0 Å². The van der Waals surface area contributed by atoms with Crippen LogP contribution in [0.25, 0.3) is 0 Å². The fourth-order valence-corrected chi connectivity index (χ4v) is 2.73. The second-order valence-corrected chi connectivity index (χ2v) is 5.49. The first-order chi connectivity index (χ1) is 7.63. The van der Waals surface area contributed by atoms with Crippen molar-refractivity contribution in [2.45, 2.75) is 45.3 Å². The molecule has 1 aliphatic heterocycles. The predicted octanol–water partition coefficient (Wildman–Crippen LogP) is 2.83. The Labute approximate surface area is 98.7 Å². The maximum absolute atomic E-state index is 5.65. The van der Waals surface area contributed by atoms with Gasteiger partial charge in [-0.2, -0.15) is 0 Å². The van der Waals surface area contributed by atoms with E-state index in [1.54, 1.807) is 0 Å². The Hall–Kier alpha value is -0.520. The van der Waals surface area contributed by atoms with E-state index < -0.39 is 5.79 Å². The minimum Gasteiger partial charge on any atom is -0.340 e. The van der Waals surface area contributed by atoms with Gasteiger partial charge in [0.2, 0.25) is 5.79 Å². The van der Waals surface area contributed by atoms with Gasteiger partial charge < -0.3 is 9.47 Å². The SMILES string of the molecule is C#CC1(C)OCC(C2CCC(C)CC2)CO1. The highest BCUT2D eigenvalue weighted by atomic mass is 16.7. The van der Waals surface area contributed by atoms with Crippen LogP contribution in [0.1, 0.15) is 39.5 Å². The molecular weight excluding hydrogens is 200 g/mol. The van der Waals surface area contributed by atoms with Crippen LogP contribution in [0.2, 0.25) is 0 Å². The second-order valence-electron chi connectivity index (χ2n) is 5.49. The molecule has 2 rings (SSSR count). The van der Waals surface area contributed by atoms with E-state index in [1.165, 1.54) is 25.7 Å². The Kier molecular flexibility index (Phi) is 3.56. The fraction of sp³-hybridized carbons (Fsp3) is 0.857. The first-order valence-electron chi connectivity index (χ1n) is 6.38. The molecule has 2 heteroatoms. The van der Waals surface area contributed by atoms with E-state index in [-0.39, 0.29) is 0 Å². The molecule has 0 atom stereocenters. The lowest BCUT2D eigenvalue weighted by atomic mass is 9.76. The number of rotatable bonds is 1. The molecule has 1 saturated carbocycles. The van der Waals surface area contributed by atoms with Gasteiger partial charge in [0.1, 0.15) is 0 Å². The van der Waals surface area contributed by atoms with Crippen LogP contribution in [0, 0.1) is 30.1 Å². The molecule has 1 aliphatic carbocycles. The lowest BCUT2D eigenvalue weighted by Crippen LogP contribution is -2.43. The van der Waals surface area contributed by atoms with Crippen molar-refractivity contribution in [3.05, 3.63) is 0 Å². The van der Waals surface area contributed by atoms with Crippen molar-refractivity contribution in [2.75, 3.05) is 13.2 Å². The number of terminal acetylenes is 1. The number of hydrogen-bond donors (Lipinski definition) is 0. The minimum atomic E-state index is -0.779. The van der Waals surface area contributed by atoms with Gasteiger partial charge in [0.25, 0.3) is 0 Å². The van der Waals surface area contributed by atoms with Crippen LogP contribution in [-0.2, 0) is 9.47 Å². The standard InChI is InChI=1S/C14H22O2/c1-4-14(3)15-9-13(10-16-14)12-7-5-11(2)6-8-12/h1,11-13H,5-10H2,2-3H3. The molecule has 0 N–H and O–H groups in total. The van der Waals surface area contributed by atoms with Gasteiger partial charge in [-0.05, 0) is 30.6 Å². The van der Waals surface area contributed by atoms with Crippen molar-refractivity contribution in [1.29, 1.82) is 0 Å². The third-order valence-electron chi connectivity index (χ3n) is 4.14. The van der Waals surface area contributed by atoms with Gasteiger partial charge in [-0.3, -0.25) is 0 Å². The zero-order valence-electron chi connectivity index (χ0n) is 10.4. The van der Waals surface area contributed by atoms with Gasteiger partial charge in [0.15, 0.2) is 0 Å². The average Bonchev–Trinajstić information content (AvgIpc) is 2.32. The highest BCUT2D eigenvalue weighted by Crippen LogP contribution is 2.36. The molecule has 0 aromatic heterocycles. The Morgan fingerprint density at radius 3 is 2.12 bits per heavy atom. The third-order valence-corrected chi connectivity index (χ3v) is 4.14. The van der Waals surface area contributed by atoms with E-state index in [4.69, 9.17) is 15.9 Å². The van der Waals surface area contributed by atoms with Crippen LogP contribution in [-0.4, -0.2) is 19.0 Å². The van der Waals surface area contributed by atoms with E-state index in [1.807, 2.05) is 6.92 Å². The number of hydrogen-bond acceptors (Lipinski definition) is 2. The third kappa shape index (κ3) is 2.59. The molecule has 2 aliphatic rings. The summed E-state index contributed by atoms with van der Waals surface area (Å²) in [7, 11) is 0. The normalized spacial score (nSPS) is 44.9. The van der Waals surface area contributed by atoms with Gasteiger partial charge in [-0.1, -0.05) is 19.8 Å². The summed E-state index contributed by atoms with van der Waals surface area (Å²) >= 11 is 0. The smallest absolute Gasteiger partial charge is 0.230 e. The zero-order valence-corrected chi connectivity index (χ0v) is 10.4. The Bertz CT molecular complexity index is 263. The maximum atomic E-state index is 5.65. The summed E-state index contributed by atoms with van der Waals surface area (Å²) in [6.45, 7) is 5.70. The quantitative estimate of drug-likeness (QED) is 0.635. The molecule has 0 unspecified atom stereocenters. The number of ether oxygens (including phenoxy) is 2. The van der Waals surface area contributed by atoms with E-state index in [0.29, 0.717) is 5.92 Å². The summed E-state index contributed by atoms with van der Waals surface area (Å²) < 4.78 is 11.3. The highest BCUT2D eigenvalue weighted by Gasteiger charge is 2.35. The van der Waals surface area contributed by atoms with Crippen LogP contribution in [0.5, 0.6) is 0 Å². The first kappa shape index (κ1) is 12.0. The van der Waals surface area contributed by atoms with Crippen molar-refractivity contribution >= 4 is 0 Å². The minimum absolute atomic E-state index is 0.550. The van der Waals surface area contributed by atoms with Crippen molar-refractivity contribution in [1.82, 2.24) is 0 Å². The maximum Gasteiger partial charge on any atom is 0.230 e. The molecule has 90 valence electrons. The summed E-state index contributed by atoms with van der Waals surface area (Å²) in [5.74, 6) is 4.01. The summed E-state index contributed by atoms with van der Waals surface area (Å²) in [6, 6.07) is 0. The Balaban J connectivity index is 1.83. The molecule has 1 saturated heterocycles. The van der Waals surface area contributed by atoms with Crippen molar-refractivity contribution in [3.8, 4) is 12.3 Å². The van der Waals surface area contributed by atoms with Gasteiger partial charge in [0.05, 0.1) is 13.2 Å². The van der Waals surface area contributed by atoms with Crippen LogP contribution in [0.3, 0.4) is 0 Å². The van der Waals surface area contributed by atoms with E-state index >= 15 is 0 Å². The highest BCUT2D eigenvalue weighted by molar-refractivity contribution is 5.01. The average molecular weight is 222 g/mol. The molecule has 2 fully saturated rings. The topological polar surface area (TPSA) is 18.5 Å². The monoisotopic (exact) mass is 222 g/mol. The largest absolute Gasteiger partial charge is 0.340 e. The lowest BCUT2D eigenvalue weighted by Gasteiger charge is -2.39. The Morgan fingerprint density at radius 2 is 1.62 bits per heavy atom. The first-order valence-corrected chi connectivity index (χ1v) is 6.38. The van der Waals surface area contributed by atoms with Crippen LogP contribution in [0.4, 0.5) is 0 Å². The molecule has 1 heterocycles. The second kappa shape index (κ2) is 4.77. The van der Waals surface area contributed by atoms with E-state index in [2.05, 4.69) is 12.8 Å². The van der Waals surface area contributed by atoms with Crippen molar-refractivity contribution in [2.24, 2.45) is 17.8 Å². The molecule has 0 aromatic rings. The lowest BCUT2D eigenvalue weighted by molar-refractivity contribution is -0.245. The molecule has 0 spiro atoms. The summed E-state index contributed by atoms with van der Waals surface area (Å²) in [6.07, 6.45) is 10.7. The van der Waals surface area contributed by atoms with Crippen LogP contribution >= 0.6 is 0 Å². The Morgan fingerprint density at radius 1 is 1.06 bits per heavy atom. The van der Waals surface area contributed by atoms with Gasteiger partial charge >= 0.3 is 0 Å². The molecular formula is C14H22O2. The zero-order chi connectivity index (χ0) is 11.6. The molecule has 0 bridgehead atoms. The van der Waals surface area contributed by atoms with Crippen LogP contribution in [0.15, 0.2) is 0 Å². The molecule has 0 aromatic carbocycles. The molecule has 16 heavy (non-hydrogen) atoms. The predicted molar refractivity (Wildman–Crippen MR) is 63.8 cm³/mol. The summed E-state index contributed by atoms with van der Waals surface area (Å²) in [4.78, 5) is 0. The van der Waals surface area contributed by atoms with Crippen LogP contribution < -0.4 is 0 Å². The fourth-order valence-electron chi connectivity index (χ4n) is 2.73. The van der Waals surface area contributed by atoms with Gasteiger partial charge in [-0.25, -0.2) is 0 Å². The summed E-state index contributed by atoms with van der Waals surface area (Å²) in [5, 5.41) is 0. The van der Waals surface area contributed by atoms with E-state index in [9.17, 15) is 0 Å². The van der Waals surface area contributed by atoms with Gasteiger partial charge in [0, 0.05) is 12.8 Å². The molecule has 2 nitrogen and oxygen atoms in total. The summed E-state index contributed by atoms with van der Waals surface area (Å²) in [5.41, 5.74) is 0. The van der Waals surface area contributed by atoms with Crippen molar-refractivity contribution in [3.63, 3.8) is 0 Å². The molecule has 0 radical (unpaired) electrons. The molecule has 0 amide bonds. The van der Waals surface area contributed by atoms with Crippen molar-refractivity contribution < 1.29 is 9.47 Å². The van der Waals surface area contributed by atoms with Gasteiger partial charge in [-0.15, -0.1) is 6.42 Å².